The zero-order valence-corrected chi connectivity index (χ0v) is 21.7. The summed E-state index contributed by atoms with van der Waals surface area (Å²) >= 11 is 6.61. The minimum absolute atomic E-state index is 0.130. The predicted molar refractivity (Wildman–Crippen MR) is 136 cm³/mol. The average Bonchev–Trinajstić information content (AvgIpc) is 3.48. The van der Waals surface area contributed by atoms with Crippen molar-refractivity contribution in [2.24, 2.45) is 11.7 Å². The number of imidazole rings is 1. The zero-order valence-electron chi connectivity index (χ0n) is 20.9. The number of benzene rings is 1. The number of halogens is 4. The van der Waals surface area contributed by atoms with Gasteiger partial charge in [-0.1, -0.05) is 37.6 Å². The Morgan fingerprint density at radius 3 is 2.54 bits per heavy atom. The second-order valence-electron chi connectivity index (χ2n) is 9.26. The molecule has 12 heteroatoms. The quantitative estimate of drug-likeness (QED) is 0.302. The number of aromatic amines is 2. The topological polar surface area (TPSA) is 124 Å². The molecule has 0 radical (unpaired) electrons. The number of nitrogens with zero attached hydrogens (tertiary/aromatic N) is 3. The lowest BCUT2D eigenvalue weighted by molar-refractivity contribution is -0.192. The first-order chi connectivity index (χ1) is 17.3. The summed E-state index contributed by atoms with van der Waals surface area (Å²) in [4.78, 5) is 18.3. The van der Waals surface area contributed by atoms with Crippen LogP contribution in [0.15, 0.2) is 36.9 Å². The maximum atomic E-state index is 10.6. The van der Waals surface area contributed by atoms with E-state index in [2.05, 4.69) is 64.9 Å². The fourth-order valence-electron chi connectivity index (χ4n) is 4.44. The van der Waals surface area contributed by atoms with Gasteiger partial charge in [0, 0.05) is 29.7 Å². The van der Waals surface area contributed by atoms with Crippen molar-refractivity contribution in [3.8, 4) is 0 Å². The number of anilines is 2. The van der Waals surface area contributed by atoms with E-state index in [1.54, 1.807) is 6.33 Å². The molecule has 37 heavy (non-hydrogen) atoms. The lowest BCUT2D eigenvalue weighted by Crippen LogP contribution is -2.23. The Morgan fingerprint density at radius 2 is 1.97 bits per heavy atom. The molecule has 3 heterocycles. The Bertz CT molecular complexity index is 1230. The van der Waals surface area contributed by atoms with E-state index in [9.17, 15) is 13.2 Å². The Labute approximate surface area is 217 Å². The van der Waals surface area contributed by atoms with Gasteiger partial charge in [0.15, 0.2) is 5.82 Å². The van der Waals surface area contributed by atoms with Crippen molar-refractivity contribution in [1.29, 1.82) is 0 Å². The third-order valence-corrected chi connectivity index (χ3v) is 6.57. The fourth-order valence-corrected chi connectivity index (χ4v) is 4.85. The highest BCUT2D eigenvalue weighted by molar-refractivity contribution is 6.33. The molecule has 5 N–H and O–H groups in total. The number of carboxylic acid groups (broad SMARTS) is 1. The molecule has 0 fully saturated rings. The molecule has 4 rings (SSSR count). The number of rotatable bonds is 6. The summed E-state index contributed by atoms with van der Waals surface area (Å²) in [5.41, 5.74) is 13.2. The van der Waals surface area contributed by atoms with Crippen molar-refractivity contribution < 1.29 is 23.1 Å². The SMILES string of the molecule is Cc1cc(C)c(N2C=CCc3c2n[nH]c3C(N)C(C)CC(C)c2cnc[nH]2)c(Cl)c1.O=C(O)C(F)(F)F. The molecular formula is C25H30ClF3N6O2. The van der Waals surface area contributed by atoms with Gasteiger partial charge in [0.1, 0.15) is 0 Å². The summed E-state index contributed by atoms with van der Waals surface area (Å²) in [5.74, 6) is -1.24. The third kappa shape index (κ3) is 6.53. The molecule has 1 aliphatic heterocycles. The number of fused-ring (bicyclic) bond motifs is 1. The minimum Gasteiger partial charge on any atom is -0.475 e. The van der Waals surface area contributed by atoms with Gasteiger partial charge in [0.05, 0.1) is 22.7 Å². The van der Waals surface area contributed by atoms with Gasteiger partial charge < -0.3 is 15.8 Å². The van der Waals surface area contributed by atoms with Gasteiger partial charge >= 0.3 is 12.1 Å². The number of nitrogens with one attached hydrogen (secondary N) is 2. The van der Waals surface area contributed by atoms with Crippen LogP contribution >= 0.6 is 11.6 Å². The summed E-state index contributed by atoms with van der Waals surface area (Å²) in [6, 6.07) is 4.00. The normalized spacial score (nSPS) is 15.4. The fraction of sp³-hybridized carbons (Fsp3) is 0.400. The van der Waals surface area contributed by atoms with Gasteiger partial charge in [0.25, 0.3) is 0 Å². The molecule has 0 spiro atoms. The van der Waals surface area contributed by atoms with E-state index in [0.717, 1.165) is 57.4 Å². The monoisotopic (exact) mass is 538 g/mol. The molecule has 3 unspecified atom stereocenters. The molecule has 1 aromatic carbocycles. The summed E-state index contributed by atoms with van der Waals surface area (Å²) in [6.07, 6.45) is 4.47. The Balaban J connectivity index is 0.000000479. The average molecular weight is 539 g/mol. The number of nitrogens with two attached hydrogens (primary N) is 1. The van der Waals surface area contributed by atoms with Gasteiger partial charge in [-0.3, -0.25) is 10.00 Å². The van der Waals surface area contributed by atoms with Crippen LogP contribution < -0.4 is 10.6 Å². The molecule has 0 bridgehead atoms. The van der Waals surface area contributed by atoms with Gasteiger partial charge in [0.2, 0.25) is 0 Å². The first-order valence-corrected chi connectivity index (χ1v) is 12.0. The molecule has 3 atom stereocenters. The number of carbonyl (C=O) groups is 1. The van der Waals surface area contributed by atoms with Crippen LogP contribution in [0.4, 0.5) is 24.7 Å². The van der Waals surface area contributed by atoms with E-state index in [-0.39, 0.29) is 12.0 Å². The number of hydrogen-bond donors (Lipinski definition) is 4. The molecule has 0 saturated carbocycles. The van der Waals surface area contributed by atoms with Crippen LogP contribution in [0.1, 0.15) is 60.3 Å². The number of aryl methyl sites for hydroxylation is 2. The van der Waals surface area contributed by atoms with Gasteiger partial charge in [-0.15, -0.1) is 0 Å². The first-order valence-electron chi connectivity index (χ1n) is 11.6. The molecule has 0 aliphatic carbocycles. The van der Waals surface area contributed by atoms with Crippen LogP contribution in [-0.2, 0) is 11.2 Å². The standard InChI is InChI=1S/C23H29ClN6.C2HF3O2/c1-13-8-16(4)22(18(24)9-13)30-7-5-6-17-21(28-29-23(17)30)20(25)15(3)10-14(2)19-11-26-12-27-19;3-2(4,5)1(6)7/h5,7-9,11-12,14-15,20H,6,10,25H2,1-4H3,(H,26,27)(H,28,29);(H,6,7). The molecule has 8 nitrogen and oxygen atoms in total. The van der Waals surface area contributed by atoms with Crippen LogP contribution in [0, 0.1) is 19.8 Å². The minimum atomic E-state index is -5.08. The highest BCUT2D eigenvalue weighted by Crippen LogP contribution is 2.41. The number of carboxylic acids is 1. The molecular weight excluding hydrogens is 509 g/mol. The Hall–Kier alpha value is -3.31. The van der Waals surface area contributed by atoms with Crippen LogP contribution in [-0.4, -0.2) is 37.4 Å². The second-order valence-corrected chi connectivity index (χ2v) is 9.67. The largest absolute Gasteiger partial charge is 0.490 e. The van der Waals surface area contributed by atoms with E-state index in [4.69, 9.17) is 27.2 Å². The number of aliphatic carboxylic acids is 1. The Morgan fingerprint density at radius 1 is 1.30 bits per heavy atom. The van der Waals surface area contributed by atoms with Gasteiger partial charge in [-0.2, -0.15) is 18.3 Å². The van der Waals surface area contributed by atoms with Crippen molar-refractivity contribution in [3.05, 3.63) is 70.0 Å². The van der Waals surface area contributed by atoms with Crippen LogP contribution in [0.2, 0.25) is 5.02 Å². The molecule has 1 aliphatic rings. The first kappa shape index (κ1) is 28.3. The third-order valence-electron chi connectivity index (χ3n) is 6.29. The molecule has 200 valence electrons. The number of aromatic nitrogens is 4. The molecule has 0 saturated heterocycles. The van der Waals surface area contributed by atoms with Crippen molar-refractivity contribution >= 4 is 29.1 Å². The maximum absolute atomic E-state index is 10.6. The molecule has 2 aromatic heterocycles. The van der Waals surface area contributed by atoms with Crippen molar-refractivity contribution in [2.45, 2.75) is 58.7 Å². The van der Waals surface area contributed by atoms with Crippen LogP contribution in [0.3, 0.4) is 0 Å². The zero-order chi connectivity index (χ0) is 27.5. The van der Waals surface area contributed by atoms with Crippen LogP contribution in [0.5, 0.6) is 0 Å². The van der Waals surface area contributed by atoms with E-state index >= 15 is 0 Å². The highest BCUT2D eigenvalue weighted by Gasteiger charge is 2.38. The van der Waals surface area contributed by atoms with E-state index in [1.165, 1.54) is 0 Å². The number of allylic oxidation sites excluding steroid dienone is 1. The smallest absolute Gasteiger partial charge is 0.475 e. The lowest BCUT2D eigenvalue weighted by atomic mass is 9.87. The van der Waals surface area contributed by atoms with E-state index in [0.29, 0.717) is 5.92 Å². The van der Waals surface area contributed by atoms with E-state index in [1.807, 2.05) is 18.5 Å². The number of hydrogen-bond acceptors (Lipinski definition) is 5. The maximum Gasteiger partial charge on any atom is 0.490 e. The number of alkyl halides is 3. The predicted octanol–water partition coefficient (Wildman–Crippen LogP) is 6.07. The van der Waals surface area contributed by atoms with Gasteiger partial charge in [-0.05, 0) is 55.7 Å². The Kier molecular flexibility index (Phi) is 8.70. The van der Waals surface area contributed by atoms with Crippen LogP contribution in [0.25, 0.3) is 0 Å². The molecule has 0 amide bonds. The second kappa shape index (κ2) is 11.4. The van der Waals surface area contributed by atoms with E-state index < -0.39 is 12.1 Å². The highest BCUT2D eigenvalue weighted by atomic mass is 35.5. The summed E-state index contributed by atoms with van der Waals surface area (Å²) < 4.78 is 31.7. The van der Waals surface area contributed by atoms with Gasteiger partial charge in [-0.25, -0.2) is 9.78 Å². The molecule has 3 aromatic rings. The summed E-state index contributed by atoms with van der Waals surface area (Å²) in [7, 11) is 0. The van der Waals surface area contributed by atoms with Crippen molar-refractivity contribution in [2.75, 3.05) is 4.90 Å². The van der Waals surface area contributed by atoms with Crippen molar-refractivity contribution in [1.82, 2.24) is 20.2 Å². The number of H-pyrrole nitrogens is 2. The summed E-state index contributed by atoms with van der Waals surface area (Å²) in [6.45, 7) is 8.53. The lowest BCUT2D eigenvalue weighted by Gasteiger charge is -2.27. The summed E-state index contributed by atoms with van der Waals surface area (Å²) in [5, 5.41) is 15.7. The van der Waals surface area contributed by atoms with Crippen molar-refractivity contribution in [3.63, 3.8) is 0 Å².